The standard InChI is InChI=1S/C21H30N4O8/c1-11(2)17(20(31)23-14(21(32)33)8-12-6-4-3-5-7-12)25-19(30)15(10-26)24-18(29)13(22)9-16(27)28/h3-7,11,13-15,17,26H,8-10,22H2,1-2H3,(H,23,31)(H,24,29)(H,25,30)(H,27,28)(H,32,33). The topological polar surface area (TPSA) is 208 Å². The molecule has 0 spiro atoms. The summed E-state index contributed by atoms with van der Waals surface area (Å²) < 4.78 is 0. The van der Waals surface area contributed by atoms with E-state index in [0.29, 0.717) is 5.56 Å². The summed E-state index contributed by atoms with van der Waals surface area (Å²) in [7, 11) is 0. The summed E-state index contributed by atoms with van der Waals surface area (Å²) in [6.07, 6.45) is -0.655. The zero-order valence-electron chi connectivity index (χ0n) is 18.4. The number of nitrogens with two attached hydrogens (primary N) is 1. The second-order valence-corrected chi connectivity index (χ2v) is 7.77. The second kappa shape index (κ2) is 13.1. The Kier molecular flexibility index (Phi) is 11.0. The van der Waals surface area contributed by atoms with Gasteiger partial charge in [0.05, 0.1) is 19.1 Å². The number of hydrogen-bond donors (Lipinski definition) is 7. The minimum absolute atomic E-state index is 0.0253. The molecule has 12 nitrogen and oxygen atoms in total. The number of rotatable bonds is 13. The van der Waals surface area contributed by atoms with Gasteiger partial charge in [-0.2, -0.15) is 0 Å². The Morgan fingerprint density at radius 2 is 1.45 bits per heavy atom. The number of aliphatic hydroxyl groups is 1. The lowest BCUT2D eigenvalue weighted by molar-refractivity contribution is -0.142. The van der Waals surface area contributed by atoms with Gasteiger partial charge in [0.25, 0.3) is 0 Å². The number of hydrogen-bond acceptors (Lipinski definition) is 7. The first-order valence-corrected chi connectivity index (χ1v) is 10.2. The van der Waals surface area contributed by atoms with E-state index in [2.05, 4.69) is 16.0 Å². The maximum atomic E-state index is 12.8. The summed E-state index contributed by atoms with van der Waals surface area (Å²) in [4.78, 5) is 59.6. The van der Waals surface area contributed by atoms with Crippen molar-refractivity contribution in [3.05, 3.63) is 35.9 Å². The van der Waals surface area contributed by atoms with Gasteiger partial charge in [0.15, 0.2) is 0 Å². The van der Waals surface area contributed by atoms with Gasteiger partial charge in [-0.15, -0.1) is 0 Å². The van der Waals surface area contributed by atoms with Crippen LogP contribution in [-0.2, 0) is 30.4 Å². The summed E-state index contributed by atoms with van der Waals surface area (Å²) in [5, 5.41) is 34.6. The Bertz CT molecular complexity index is 846. The van der Waals surface area contributed by atoms with E-state index in [1.807, 2.05) is 0 Å². The highest BCUT2D eigenvalue weighted by Gasteiger charge is 2.32. The lowest BCUT2D eigenvalue weighted by atomic mass is 10.0. The van der Waals surface area contributed by atoms with Crippen LogP contribution in [0.3, 0.4) is 0 Å². The van der Waals surface area contributed by atoms with Crippen LogP contribution in [0.25, 0.3) is 0 Å². The highest BCUT2D eigenvalue weighted by Crippen LogP contribution is 2.07. The number of carbonyl (C=O) groups excluding carboxylic acids is 3. The molecule has 33 heavy (non-hydrogen) atoms. The molecule has 1 aromatic rings. The molecule has 4 unspecified atom stereocenters. The smallest absolute Gasteiger partial charge is 0.326 e. The van der Waals surface area contributed by atoms with E-state index in [1.54, 1.807) is 44.2 Å². The molecular weight excluding hydrogens is 436 g/mol. The van der Waals surface area contributed by atoms with E-state index in [4.69, 9.17) is 10.8 Å². The number of benzene rings is 1. The molecule has 0 fully saturated rings. The van der Waals surface area contributed by atoms with Gasteiger partial charge in [-0.1, -0.05) is 44.2 Å². The largest absolute Gasteiger partial charge is 0.481 e. The Morgan fingerprint density at radius 3 is 1.94 bits per heavy atom. The third kappa shape index (κ3) is 9.25. The number of carboxylic acids is 2. The minimum Gasteiger partial charge on any atom is -0.481 e. The van der Waals surface area contributed by atoms with Crippen LogP contribution in [0, 0.1) is 5.92 Å². The molecule has 8 N–H and O–H groups in total. The highest BCUT2D eigenvalue weighted by molar-refractivity contribution is 5.94. The number of aliphatic carboxylic acids is 2. The molecule has 0 aliphatic rings. The van der Waals surface area contributed by atoms with Gasteiger partial charge in [0.1, 0.15) is 18.1 Å². The van der Waals surface area contributed by atoms with Crippen molar-refractivity contribution in [2.24, 2.45) is 11.7 Å². The fourth-order valence-corrected chi connectivity index (χ4v) is 2.85. The average Bonchev–Trinajstić information content (AvgIpc) is 2.74. The molecule has 182 valence electrons. The van der Waals surface area contributed by atoms with Crippen molar-refractivity contribution in [1.82, 2.24) is 16.0 Å². The number of aliphatic hydroxyl groups excluding tert-OH is 1. The molecule has 0 aromatic heterocycles. The number of amides is 3. The van der Waals surface area contributed by atoms with E-state index in [0.717, 1.165) is 0 Å². The van der Waals surface area contributed by atoms with E-state index in [-0.39, 0.29) is 6.42 Å². The van der Waals surface area contributed by atoms with Crippen LogP contribution in [0.1, 0.15) is 25.8 Å². The zero-order chi connectivity index (χ0) is 25.1. The Labute approximate surface area is 190 Å². The summed E-state index contributed by atoms with van der Waals surface area (Å²) in [5.41, 5.74) is 6.13. The SMILES string of the molecule is CC(C)C(NC(=O)C(CO)NC(=O)C(N)CC(=O)O)C(=O)NC(Cc1ccccc1)C(=O)O. The van der Waals surface area contributed by atoms with E-state index in [1.165, 1.54) is 0 Å². The van der Waals surface area contributed by atoms with Gasteiger partial charge in [0.2, 0.25) is 17.7 Å². The van der Waals surface area contributed by atoms with Crippen molar-refractivity contribution in [1.29, 1.82) is 0 Å². The first kappa shape index (κ1) is 27.5. The average molecular weight is 466 g/mol. The summed E-state index contributed by atoms with van der Waals surface area (Å²) in [5.74, 6) is -5.68. The van der Waals surface area contributed by atoms with Crippen LogP contribution in [-0.4, -0.2) is 75.8 Å². The maximum Gasteiger partial charge on any atom is 0.326 e. The number of carboxylic acid groups (broad SMARTS) is 2. The molecule has 0 saturated heterocycles. The molecule has 1 aromatic carbocycles. The quantitative estimate of drug-likeness (QED) is 0.175. The van der Waals surface area contributed by atoms with Gasteiger partial charge in [-0.05, 0) is 11.5 Å². The van der Waals surface area contributed by atoms with Crippen molar-refractivity contribution in [2.45, 2.75) is 50.9 Å². The molecule has 0 aliphatic heterocycles. The van der Waals surface area contributed by atoms with Crippen LogP contribution in [0.4, 0.5) is 0 Å². The molecule has 12 heteroatoms. The van der Waals surface area contributed by atoms with Crippen molar-refractivity contribution in [2.75, 3.05) is 6.61 Å². The lowest BCUT2D eigenvalue weighted by Crippen LogP contribution is -2.59. The van der Waals surface area contributed by atoms with Crippen LogP contribution in [0.2, 0.25) is 0 Å². The molecule has 4 atom stereocenters. The van der Waals surface area contributed by atoms with Crippen LogP contribution >= 0.6 is 0 Å². The zero-order valence-corrected chi connectivity index (χ0v) is 18.4. The Morgan fingerprint density at radius 1 is 0.879 bits per heavy atom. The van der Waals surface area contributed by atoms with Crippen molar-refractivity contribution < 1.29 is 39.3 Å². The first-order chi connectivity index (χ1) is 15.5. The third-order valence-electron chi connectivity index (χ3n) is 4.69. The van der Waals surface area contributed by atoms with Gasteiger partial charge in [0, 0.05) is 6.42 Å². The van der Waals surface area contributed by atoms with Crippen LogP contribution in [0.15, 0.2) is 30.3 Å². The molecule has 0 saturated carbocycles. The second-order valence-electron chi connectivity index (χ2n) is 7.77. The molecule has 0 bridgehead atoms. The van der Waals surface area contributed by atoms with Gasteiger partial charge in [-0.3, -0.25) is 19.2 Å². The van der Waals surface area contributed by atoms with Gasteiger partial charge >= 0.3 is 11.9 Å². The lowest BCUT2D eigenvalue weighted by Gasteiger charge is -2.26. The van der Waals surface area contributed by atoms with Crippen LogP contribution in [0.5, 0.6) is 0 Å². The predicted molar refractivity (Wildman–Crippen MR) is 116 cm³/mol. The van der Waals surface area contributed by atoms with Crippen molar-refractivity contribution in [3.63, 3.8) is 0 Å². The fraction of sp³-hybridized carbons (Fsp3) is 0.476. The normalized spacial score (nSPS) is 14.5. The summed E-state index contributed by atoms with van der Waals surface area (Å²) in [6, 6.07) is 3.31. The molecule has 0 heterocycles. The van der Waals surface area contributed by atoms with E-state index in [9.17, 15) is 34.2 Å². The van der Waals surface area contributed by atoms with Crippen molar-refractivity contribution in [3.8, 4) is 0 Å². The fourth-order valence-electron chi connectivity index (χ4n) is 2.85. The third-order valence-corrected chi connectivity index (χ3v) is 4.69. The van der Waals surface area contributed by atoms with E-state index >= 15 is 0 Å². The number of carbonyl (C=O) groups is 5. The molecule has 3 amide bonds. The summed E-state index contributed by atoms with van der Waals surface area (Å²) in [6.45, 7) is 2.40. The Hall–Kier alpha value is -3.51. The summed E-state index contributed by atoms with van der Waals surface area (Å²) >= 11 is 0. The minimum atomic E-state index is -1.49. The predicted octanol–water partition coefficient (Wildman–Crippen LogP) is -1.78. The molecular formula is C21H30N4O8. The first-order valence-electron chi connectivity index (χ1n) is 10.2. The van der Waals surface area contributed by atoms with Gasteiger partial charge in [-0.25, -0.2) is 4.79 Å². The van der Waals surface area contributed by atoms with E-state index < -0.39 is 72.8 Å². The highest BCUT2D eigenvalue weighted by atomic mass is 16.4. The Balaban J connectivity index is 2.85. The number of nitrogens with one attached hydrogen (secondary N) is 3. The van der Waals surface area contributed by atoms with Gasteiger partial charge < -0.3 is 37.0 Å². The monoisotopic (exact) mass is 466 g/mol. The van der Waals surface area contributed by atoms with Crippen molar-refractivity contribution >= 4 is 29.7 Å². The molecule has 0 radical (unpaired) electrons. The molecule has 1 rings (SSSR count). The van der Waals surface area contributed by atoms with Crippen LogP contribution < -0.4 is 21.7 Å². The molecule has 0 aliphatic carbocycles. The maximum absolute atomic E-state index is 12.8.